The summed E-state index contributed by atoms with van der Waals surface area (Å²) in [5.74, 6) is 0.315. The van der Waals surface area contributed by atoms with Crippen LogP contribution in [0, 0.1) is 0 Å². The van der Waals surface area contributed by atoms with Crippen molar-refractivity contribution in [2.75, 3.05) is 0 Å². The highest BCUT2D eigenvalue weighted by Crippen LogP contribution is 2.25. The monoisotopic (exact) mass is 189 g/mol. The van der Waals surface area contributed by atoms with Gasteiger partial charge < -0.3 is 10.8 Å². The lowest BCUT2D eigenvalue weighted by Gasteiger charge is -1.98. The summed E-state index contributed by atoms with van der Waals surface area (Å²) < 4.78 is 0. The van der Waals surface area contributed by atoms with E-state index in [9.17, 15) is 0 Å². The van der Waals surface area contributed by atoms with Crippen LogP contribution in [0.4, 0.5) is 0 Å². The molecule has 3 N–H and O–H groups in total. The van der Waals surface area contributed by atoms with Gasteiger partial charge in [0.05, 0.1) is 0 Å². The summed E-state index contributed by atoms with van der Waals surface area (Å²) in [6.45, 7) is 0. The number of phenolic OH excluding ortho intramolecular Hbond substituents is 1. The van der Waals surface area contributed by atoms with Crippen molar-refractivity contribution in [2.45, 2.75) is 25.3 Å². The third-order valence-electron chi connectivity index (χ3n) is 2.62. The fraction of sp³-hybridized carbons (Fsp3) is 0.333. The molecule has 74 valence electrons. The van der Waals surface area contributed by atoms with E-state index in [2.05, 4.69) is 6.08 Å². The van der Waals surface area contributed by atoms with Gasteiger partial charge in [0.15, 0.2) is 0 Å². The van der Waals surface area contributed by atoms with E-state index in [1.165, 1.54) is 5.57 Å². The summed E-state index contributed by atoms with van der Waals surface area (Å²) in [5.41, 5.74) is 8.39. The van der Waals surface area contributed by atoms with Crippen molar-refractivity contribution in [2.24, 2.45) is 5.73 Å². The van der Waals surface area contributed by atoms with Crippen LogP contribution in [0.25, 0.3) is 6.08 Å². The second-order valence-electron chi connectivity index (χ2n) is 3.90. The van der Waals surface area contributed by atoms with Crippen molar-refractivity contribution in [1.82, 2.24) is 0 Å². The zero-order valence-corrected chi connectivity index (χ0v) is 8.11. The average Bonchev–Trinajstić information content (AvgIpc) is 2.56. The SMILES string of the molecule is NC1CCC(=Cc2ccc(O)cc2)C1. The Bertz CT molecular complexity index is 340. The van der Waals surface area contributed by atoms with Crippen LogP contribution in [0.15, 0.2) is 29.8 Å². The van der Waals surface area contributed by atoms with E-state index < -0.39 is 0 Å². The third kappa shape index (κ3) is 2.15. The van der Waals surface area contributed by atoms with Gasteiger partial charge >= 0.3 is 0 Å². The Morgan fingerprint density at radius 2 is 2.00 bits per heavy atom. The van der Waals surface area contributed by atoms with Crippen molar-refractivity contribution in [3.8, 4) is 5.75 Å². The van der Waals surface area contributed by atoms with E-state index in [4.69, 9.17) is 10.8 Å². The largest absolute Gasteiger partial charge is 0.508 e. The van der Waals surface area contributed by atoms with Crippen LogP contribution >= 0.6 is 0 Å². The van der Waals surface area contributed by atoms with Crippen LogP contribution in [0.5, 0.6) is 5.75 Å². The highest BCUT2D eigenvalue weighted by Gasteiger charge is 2.14. The first-order chi connectivity index (χ1) is 6.74. The van der Waals surface area contributed by atoms with Gasteiger partial charge in [-0.3, -0.25) is 0 Å². The molecule has 0 heterocycles. The molecule has 2 rings (SSSR count). The molecule has 1 aromatic carbocycles. The molecule has 1 saturated carbocycles. The van der Waals surface area contributed by atoms with Crippen LogP contribution in [-0.4, -0.2) is 11.1 Å². The van der Waals surface area contributed by atoms with Crippen molar-refractivity contribution in [3.05, 3.63) is 35.4 Å². The Labute approximate surface area is 84.1 Å². The van der Waals surface area contributed by atoms with Gasteiger partial charge in [0, 0.05) is 6.04 Å². The quantitative estimate of drug-likeness (QED) is 0.712. The van der Waals surface area contributed by atoms with E-state index in [1.54, 1.807) is 12.1 Å². The molecule has 0 bridgehead atoms. The molecule has 14 heavy (non-hydrogen) atoms. The number of benzene rings is 1. The molecule has 1 aliphatic carbocycles. The van der Waals surface area contributed by atoms with Gasteiger partial charge in [-0.25, -0.2) is 0 Å². The first kappa shape index (κ1) is 9.28. The van der Waals surface area contributed by atoms with Gasteiger partial charge in [0.2, 0.25) is 0 Å². The zero-order valence-electron chi connectivity index (χ0n) is 8.11. The molecular weight excluding hydrogens is 174 g/mol. The van der Waals surface area contributed by atoms with E-state index in [1.807, 2.05) is 12.1 Å². The Morgan fingerprint density at radius 1 is 1.29 bits per heavy atom. The number of hydrogen-bond donors (Lipinski definition) is 2. The number of nitrogens with two attached hydrogens (primary N) is 1. The van der Waals surface area contributed by atoms with Crippen LogP contribution < -0.4 is 5.73 Å². The second-order valence-corrected chi connectivity index (χ2v) is 3.90. The normalized spacial score (nSPS) is 24.4. The molecular formula is C12H15NO. The topological polar surface area (TPSA) is 46.2 Å². The van der Waals surface area contributed by atoms with Gasteiger partial charge in [-0.2, -0.15) is 0 Å². The number of aromatic hydroxyl groups is 1. The van der Waals surface area contributed by atoms with Crippen LogP contribution in [0.2, 0.25) is 0 Å². The number of phenols is 1. The van der Waals surface area contributed by atoms with E-state index >= 15 is 0 Å². The maximum absolute atomic E-state index is 9.12. The third-order valence-corrected chi connectivity index (χ3v) is 2.62. The standard InChI is InChI=1S/C12H15NO/c13-11-4-1-10(8-11)7-9-2-5-12(14)6-3-9/h2-3,5-7,11,14H,1,4,8,13H2. The highest BCUT2D eigenvalue weighted by molar-refractivity contribution is 5.54. The van der Waals surface area contributed by atoms with E-state index in [0.717, 1.165) is 24.8 Å². The molecule has 1 aliphatic rings. The summed E-state index contributed by atoms with van der Waals surface area (Å²) in [7, 11) is 0. The minimum atomic E-state index is 0.315. The second kappa shape index (κ2) is 3.84. The highest BCUT2D eigenvalue weighted by atomic mass is 16.3. The summed E-state index contributed by atoms with van der Waals surface area (Å²) in [6.07, 6.45) is 5.40. The predicted molar refractivity (Wildman–Crippen MR) is 57.9 cm³/mol. The lowest BCUT2D eigenvalue weighted by atomic mass is 10.1. The Kier molecular flexibility index (Phi) is 2.55. The molecule has 0 saturated heterocycles. The van der Waals surface area contributed by atoms with Gasteiger partial charge in [-0.1, -0.05) is 23.8 Å². The van der Waals surface area contributed by atoms with Gasteiger partial charge in [-0.05, 0) is 37.0 Å². The molecule has 2 nitrogen and oxygen atoms in total. The molecule has 1 aromatic rings. The molecule has 0 aromatic heterocycles. The molecule has 2 heteroatoms. The molecule has 0 amide bonds. The lowest BCUT2D eigenvalue weighted by Crippen LogP contribution is -2.13. The Balaban J connectivity index is 2.13. The molecule has 0 radical (unpaired) electrons. The van der Waals surface area contributed by atoms with Crippen LogP contribution in [0.3, 0.4) is 0 Å². The zero-order chi connectivity index (χ0) is 9.97. The van der Waals surface area contributed by atoms with Crippen molar-refractivity contribution in [1.29, 1.82) is 0 Å². The van der Waals surface area contributed by atoms with Crippen molar-refractivity contribution < 1.29 is 5.11 Å². The molecule has 1 fully saturated rings. The summed E-state index contributed by atoms with van der Waals surface area (Å²) in [5, 5.41) is 9.12. The van der Waals surface area contributed by atoms with Crippen LogP contribution in [-0.2, 0) is 0 Å². The smallest absolute Gasteiger partial charge is 0.115 e. The van der Waals surface area contributed by atoms with Crippen LogP contribution in [0.1, 0.15) is 24.8 Å². The summed E-state index contributed by atoms with van der Waals surface area (Å²) >= 11 is 0. The first-order valence-electron chi connectivity index (χ1n) is 4.98. The van der Waals surface area contributed by atoms with E-state index in [0.29, 0.717) is 11.8 Å². The maximum atomic E-state index is 9.12. The predicted octanol–water partition coefficient (Wildman–Crippen LogP) is 2.29. The van der Waals surface area contributed by atoms with Crippen molar-refractivity contribution in [3.63, 3.8) is 0 Å². The van der Waals surface area contributed by atoms with E-state index in [-0.39, 0.29) is 0 Å². The molecule has 1 atom stereocenters. The summed E-state index contributed by atoms with van der Waals surface area (Å²) in [4.78, 5) is 0. The molecule has 0 aliphatic heterocycles. The fourth-order valence-corrected chi connectivity index (χ4v) is 1.85. The minimum Gasteiger partial charge on any atom is -0.508 e. The Hall–Kier alpha value is -1.28. The molecule has 1 unspecified atom stereocenters. The van der Waals surface area contributed by atoms with Gasteiger partial charge in [-0.15, -0.1) is 0 Å². The van der Waals surface area contributed by atoms with Crippen molar-refractivity contribution >= 4 is 6.08 Å². The lowest BCUT2D eigenvalue weighted by molar-refractivity contribution is 0.475. The number of hydrogen-bond acceptors (Lipinski definition) is 2. The number of rotatable bonds is 1. The van der Waals surface area contributed by atoms with Gasteiger partial charge in [0.25, 0.3) is 0 Å². The fourth-order valence-electron chi connectivity index (χ4n) is 1.85. The average molecular weight is 189 g/mol. The molecule has 0 spiro atoms. The first-order valence-corrected chi connectivity index (χ1v) is 4.98. The Morgan fingerprint density at radius 3 is 2.57 bits per heavy atom. The summed E-state index contributed by atoms with van der Waals surface area (Å²) in [6, 6.07) is 7.61. The minimum absolute atomic E-state index is 0.315. The van der Waals surface area contributed by atoms with Gasteiger partial charge in [0.1, 0.15) is 5.75 Å². The maximum Gasteiger partial charge on any atom is 0.115 e.